The molecule has 0 saturated carbocycles. The van der Waals surface area contributed by atoms with Gasteiger partial charge in [-0.3, -0.25) is 0 Å². The van der Waals surface area contributed by atoms with E-state index in [0.717, 1.165) is 0 Å². The first-order chi connectivity index (χ1) is 9.26. The van der Waals surface area contributed by atoms with Crippen LogP contribution in [0.5, 0.6) is 0 Å². The molecule has 0 radical (unpaired) electrons. The molecule has 0 aliphatic heterocycles. The molecule has 0 fully saturated rings. The number of carbonyl (C=O) groups is 2. The molecule has 1 unspecified atom stereocenters. The summed E-state index contributed by atoms with van der Waals surface area (Å²) in [5.41, 5.74) is 4.98. The average Bonchev–Trinajstić information content (AvgIpc) is 2.82. The maximum atomic E-state index is 11.7. The third kappa shape index (κ3) is 4.58. The minimum atomic E-state index is -0.608. The molecule has 7 nitrogen and oxygen atoms in total. The molecule has 0 aromatic carbocycles. The number of ether oxygens (including phenoxy) is 2. The van der Waals surface area contributed by atoms with Crippen molar-refractivity contribution in [3.63, 3.8) is 0 Å². The van der Waals surface area contributed by atoms with Crippen LogP contribution in [0.15, 0.2) is 16.5 Å². The summed E-state index contributed by atoms with van der Waals surface area (Å²) < 4.78 is 15.0. The second kappa shape index (κ2) is 6.42. The zero-order chi connectivity index (χ0) is 15.3. The number of esters is 1. The number of rotatable bonds is 4. The molecule has 112 valence electrons. The summed E-state index contributed by atoms with van der Waals surface area (Å²) in [5.74, 6) is -0.185. The fourth-order valence-electron chi connectivity index (χ4n) is 1.45. The molecule has 0 spiro atoms. The van der Waals surface area contributed by atoms with E-state index in [4.69, 9.17) is 14.9 Å². The lowest BCUT2D eigenvalue weighted by Gasteiger charge is -2.22. The van der Waals surface area contributed by atoms with Crippen molar-refractivity contribution in [1.82, 2.24) is 5.32 Å². The third-order valence-electron chi connectivity index (χ3n) is 2.28. The highest BCUT2D eigenvalue weighted by molar-refractivity contribution is 5.86. The maximum Gasteiger partial charge on any atom is 0.408 e. The third-order valence-corrected chi connectivity index (χ3v) is 2.28. The second-order valence-electron chi connectivity index (χ2n) is 5.13. The van der Waals surface area contributed by atoms with E-state index in [2.05, 4.69) is 10.1 Å². The molecule has 0 aliphatic rings. The summed E-state index contributed by atoms with van der Waals surface area (Å²) in [6, 6.07) is 2.44. The molecule has 1 atom stereocenters. The fourth-order valence-corrected chi connectivity index (χ4v) is 1.45. The van der Waals surface area contributed by atoms with Crippen molar-refractivity contribution in [1.29, 1.82) is 0 Å². The van der Waals surface area contributed by atoms with E-state index in [0.29, 0.717) is 5.76 Å². The zero-order valence-electron chi connectivity index (χ0n) is 12.1. The molecule has 1 aromatic heterocycles. The minimum absolute atomic E-state index is 0.0481. The predicted octanol–water partition coefficient (Wildman–Crippen LogP) is 1.59. The van der Waals surface area contributed by atoms with Crippen molar-refractivity contribution in [2.75, 3.05) is 13.7 Å². The van der Waals surface area contributed by atoms with E-state index in [1.807, 2.05) is 0 Å². The molecule has 0 aliphatic carbocycles. The quantitative estimate of drug-likeness (QED) is 0.814. The van der Waals surface area contributed by atoms with Crippen molar-refractivity contribution < 1.29 is 23.5 Å². The average molecular weight is 284 g/mol. The first kappa shape index (κ1) is 16.0. The topological polar surface area (TPSA) is 104 Å². The zero-order valence-corrected chi connectivity index (χ0v) is 12.1. The predicted molar refractivity (Wildman–Crippen MR) is 71.2 cm³/mol. The first-order valence-corrected chi connectivity index (χ1v) is 6.14. The molecule has 0 saturated heterocycles. The number of methoxy groups -OCH3 is 1. The fraction of sp³-hybridized carbons (Fsp3) is 0.538. The van der Waals surface area contributed by atoms with Gasteiger partial charge in [0.2, 0.25) is 5.76 Å². The van der Waals surface area contributed by atoms with Gasteiger partial charge in [0, 0.05) is 6.54 Å². The lowest BCUT2D eigenvalue weighted by Crippen LogP contribution is -2.37. The van der Waals surface area contributed by atoms with E-state index in [-0.39, 0.29) is 12.3 Å². The minimum Gasteiger partial charge on any atom is -0.463 e. The van der Waals surface area contributed by atoms with E-state index in [1.165, 1.54) is 13.2 Å². The summed E-state index contributed by atoms with van der Waals surface area (Å²) in [5, 5.41) is 2.58. The summed E-state index contributed by atoms with van der Waals surface area (Å²) >= 11 is 0. The number of alkyl carbamates (subject to hydrolysis) is 1. The van der Waals surface area contributed by atoms with Gasteiger partial charge in [-0.05, 0) is 32.9 Å². The molecule has 1 heterocycles. The van der Waals surface area contributed by atoms with Gasteiger partial charge in [0.1, 0.15) is 17.4 Å². The Morgan fingerprint density at radius 1 is 1.40 bits per heavy atom. The van der Waals surface area contributed by atoms with Crippen molar-refractivity contribution in [3.8, 4) is 0 Å². The van der Waals surface area contributed by atoms with Crippen molar-refractivity contribution in [2.24, 2.45) is 5.73 Å². The number of nitrogens with one attached hydrogen (secondary N) is 1. The summed E-state index contributed by atoms with van der Waals surface area (Å²) in [7, 11) is 1.25. The van der Waals surface area contributed by atoms with Crippen LogP contribution in [0.25, 0.3) is 0 Å². The van der Waals surface area contributed by atoms with Gasteiger partial charge >= 0.3 is 12.1 Å². The van der Waals surface area contributed by atoms with E-state index >= 15 is 0 Å². The maximum absolute atomic E-state index is 11.7. The molecular weight excluding hydrogens is 264 g/mol. The molecule has 0 bridgehead atoms. The summed E-state index contributed by atoms with van der Waals surface area (Å²) in [4.78, 5) is 23.0. The molecular formula is C13H20N2O5. The standard InChI is InChI=1S/C13H20N2O5/c1-13(2,3)20-12(17)15-8(7-14)9-5-6-10(19-9)11(16)18-4/h5-6,8H,7,14H2,1-4H3,(H,15,17). The van der Waals surface area contributed by atoms with Crippen LogP contribution in [-0.4, -0.2) is 31.3 Å². The first-order valence-electron chi connectivity index (χ1n) is 6.14. The van der Waals surface area contributed by atoms with Crippen LogP contribution >= 0.6 is 0 Å². The highest BCUT2D eigenvalue weighted by Gasteiger charge is 2.22. The molecule has 1 amide bonds. The number of hydrogen-bond donors (Lipinski definition) is 2. The highest BCUT2D eigenvalue weighted by atomic mass is 16.6. The van der Waals surface area contributed by atoms with Gasteiger partial charge in [-0.25, -0.2) is 9.59 Å². The SMILES string of the molecule is COC(=O)c1ccc(C(CN)NC(=O)OC(C)(C)C)o1. The van der Waals surface area contributed by atoms with Gasteiger partial charge in [0.05, 0.1) is 7.11 Å². The Balaban J connectivity index is 2.74. The Bertz CT molecular complexity index is 475. The van der Waals surface area contributed by atoms with Gasteiger partial charge in [0.15, 0.2) is 0 Å². The van der Waals surface area contributed by atoms with Crippen LogP contribution in [0.1, 0.15) is 43.1 Å². The summed E-state index contributed by atoms with van der Waals surface area (Å²) in [6.45, 7) is 5.37. The molecule has 7 heteroatoms. The van der Waals surface area contributed by atoms with Crippen LogP contribution in [-0.2, 0) is 9.47 Å². The Morgan fingerprint density at radius 2 is 2.05 bits per heavy atom. The van der Waals surface area contributed by atoms with E-state index in [9.17, 15) is 9.59 Å². The number of furan rings is 1. The van der Waals surface area contributed by atoms with Gasteiger partial charge in [-0.1, -0.05) is 0 Å². The molecule has 1 rings (SSSR count). The van der Waals surface area contributed by atoms with E-state index < -0.39 is 23.7 Å². The van der Waals surface area contributed by atoms with Crippen LogP contribution in [0.4, 0.5) is 4.79 Å². The number of carbonyl (C=O) groups excluding carboxylic acids is 2. The molecule has 3 N–H and O–H groups in total. The largest absolute Gasteiger partial charge is 0.463 e. The van der Waals surface area contributed by atoms with Crippen LogP contribution < -0.4 is 11.1 Å². The van der Waals surface area contributed by atoms with Gasteiger partial charge in [-0.2, -0.15) is 0 Å². The molecule has 1 aromatic rings. The highest BCUT2D eigenvalue weighted by Crippen LogP contribution is 2.17. The van der Waals surface area contributed by atoms with Gasteiger partial charge < -0.3 is 24.9 Å². The Kier molecular flexibility index (Phi) is 5.15. The monoisotopic (exact) mass is 284 g/mol. The summed E-state index contributed by atoms with van der Waals surface area (Å²) in [6.07, 6.45) is -0.607. The lowest BCUT2D eigenvalue weighted by molar-refractivity contribution is 0.0498. The van der Waals surface area contributed by atoms with Gasteiger partial charge in [0.25, 0.3) is 0 Å². The Morgan fingerprint density at radius 3 is 2.55 bits per heavy atom. The number of amides is 1. The van der Waals surface area contributed by atoms with Crippen molar-refractivity contribution >= 4 is 12.1 Å². The normalized spacial score (nSPS) is 12.7. The van der Waals surface area contributed by atoms with Crippen LogP contribution in [0.2, 0.25) is 0 Å². The molecule has 20 heavy (non-hydrogen) atoms. The van der Waals surface area contributed by atoms with Crippen molar-refractivity contribution in [2.45, 2.75) is 32.4 Å². The van der Waals surface area contributed by atoms with Crippen molar-refractivity contribution in [3.05, 3.63) is 23.7 Å². The Labute approximate surface area is 117 Å². The smallest absolute Gasteiger partial charge is 0.408 e. The lowest BCUT2D eigenvalue weighted by atomic mass is 10.2. The second-order valence-corrected chi connectivity index (χ2v) is 5.13. The number of nitrogens with two attached hydrogens (primary N) is 1. The van der Waals surface area contributed by atoms with Gasteiger partial charge in [-0.15, -0.1) is 0 Å². The van der Waals surface area contributed by atoms with Crippen LogP contribution in [0.3, 0.4) is 0 Å². The Hall–Kier alpha value is -2.02. The van der Waals surface area contributed by atoms with E-state index in [1.54, 1.807) is 26.8 Å². The van der Waals surface area contributed by atoms with Crippen LogP contribution in [0, 0.1) is 0 Å². The number of hydrogen-bond acceptors (Lipinski definition) is 6.